The minimum Gasteiger partial charge on any atom is -0.510 e. The molecule has 5 nitrogen and oxygen atoms in total. The number of aliphatic hydroxyl groups excluding tert-OH is 1. The van der Waals surface area contributed by atoms with Crippen LogP contribution in [0.4, 0.5) is 13.2 Å². The molecule has 1 aliphatic heterocycles. The number of thiazole rings is 1. The molecule has 0 aliphatic carbocycles. The molecule has 0 radical (unpaired) electrons. The van der Waals surface area contributed by atoms with E-state index in [1.54, 1.807) is 23.5 Å². The fraction of sp³-hybridized carbons (Fsp3) is 0.217. The Bertz CT molecular complexity index is 1190. The first kappa shape index (κ1) is 21.9. The molecule has 3 aromatic rings. The second-order valence-electron chi connectivity index (χ2n) is 7.27. The van der Waals surface area contributed by atoms with Gasteiger partial charge in [0.1, 0.15) is 22.4 Å². The first-order valence-corrected chi connectivity index (χ1v) is 10.7. The molecule has 0 amide bonds. The van der Waals surface area contributed by atoms with Crippen LogP contribution in [0.25, 0.3) is 16.8 Å². The van der Waals surface area contributed by atoms with Gasteiger partial charge >= 0.3 is 6.18 Å². The molecule has 9 heteroatoms. The predicted molar refractivity (Wildman–Crippen MR) is 118 cm³/mol. The van der Waals surface area contributed by atoms with E-state index in [-0.39, 0.29) is 18.1 Å². The number of rotatable bonds is 6. The van der Waals surface area contributed by atoms with Crippen LogP contribution in [0.3, 0.4) is 0 Å². The zero-order valence-electron chi connectivity index (χ0n) is 17.1. The molecule has 1 aliphatic rings. The third-order valence-corrected chi connectivity index (χ3v) is 6.09. The Balaban J connectivity index is 1.51. The molecule has 0 saturated heterocycles. The molecular formula is C23H20F3N3O2S. The number of hydrogen-bond acceptors (Lipinski definition) is 5. The van der Waals surface area contributed by atoms with Gasteiger partial charge in [0.25, 0.3) is 0 Å². The molecule has 1 aromatic heterocycles. The predicted octanol–water partition coefficient (Wildman–Crippen LogP) is 5.64. The van der Waals surface area contributed by atoms with E-state index < -0.39 is 11.7 Å². The van der Waals surface area contributed by atoms with Crippen LogP contribution in [0, 0.1) is 5.41 Å². The molecule has 2 aromatic carbocycles. The molecule has 0 atom stereocenters. The largest absolute Gasteiger partial charge is 0.510 e. The van der Waals surface area contributed by atoms with Crippen molar-refractivity contribution in [2.24, 2.45) is 0 Å². The maximum Gasteiger partial charge on any atom is 0.416 e. The van der Waals surface area contributed by atoms with Crippen LogP contribution < -0.4 is 4.74 Å². The molecule has 0 fully saturated rings. The van der Waals surface area contributed by atoms with Crippen LogP contribution >= 0.6 is 11.3 Å². The smallest absolute Gasteiger partial charge is 0.416 e. The number of methoxy groups -OCH3 is 1. The highest BCUT2D eigenvalue weighted by molar-refractivity contribution is 7.11. The summed E-state index contributed by atoms with van der Waals surface area (Å²) in [7, 11) is 1.60. The minimum atomic E-state index is -4.44. The fourth-order valence-electron chi connectivity index (χ4n) is 3.59. The van der Waals surface area contributed by atoms with Crippen molar-refractivity contribution in [3.63, 3.8) is 0 Å². The summed E-state index contributed by atoms with van der Waals surface area (Å²) < 4.78 is 44.4. The molecule has 4 rings (SSSR count). The second kappa shape index (κ2) is 8.66. The molecule has 2 N–H and O–H groups in total. The summed E-state index contributed by atoms with van der Waals surface area (Å²) in [6, 6.07) is 12.6. The number of ether oxygens (including phenoxy) is 1. The maximum atomic E-state index is 13.0. The number of nitrogens with one attached hydrogen (secondary N) is 1. The Morgan fingerprint density at radius 2 is 1.97 bits per heavy atom. The third-order valence-electron chi connectivity index (χ3n) is 5.23. The van der Waals surface area contributed by atoms with Gasteiger partial charge in [-0.25, -0.2) is 4.98 Å². The van der Waals surface area contributed by atoms with Gasteiger partial charge in [-0.2, -0.15) is 13.2 Å². The lowest BCUT2D eigenvalue weighted by atomic mass is 10.1. The van der Waals surface area contributed by atoms with Gasteiger partial charge in [-0.3, -0.25) is 5.41 Å². The summed E-state index contributed by atoms with van der Waals surface area (Å²) in [4.78, 5) is 6.15. The van der Waals surface area contributed by atoms with Crippen LogP contribution in [0.15, 0.2) is 59.7 Å². The first-order valence-electron chi connectivity index (χ1n) is 9.79. The lowest BCUT2D eigenvalue weighted by molar-refractivity contribution is -0.137. The van der Waals surface area contributed by atoms with Gasteiger partial charge in [0.05, 0.1) is 30.5 Å². The molecule has 0 spiro atoms. The Morgan fingerprint density at radius 1 is 1.19 bits per heavy atom. The number of benzene rings is 2. The Morgan fingerprint density at radius 3 is 2.72 bits per heavy atom. The quantitative estimate of drug-likeness (QED) is 0.500. The van der Waals surface area contributed by atoms with Crippen LogP contribution in [0.1, 0.15) is 16.1 Å². The van der Waals surface area contributed by atoms with Gasteiger partial charge in [-0.05, 0) is 30.2 Å². The highest BCUT2D eigenvalue weighted by atomic mass is 32.1. The van der Waals surface area contributed by atoms with Gasteiger partial charge in [-0.15, -0.1) is 11.3 Å². The van der Waals surface area contributed by atoms with Crippen molar-refractivity contribution in [2.45, 2.75) is 12.6 Å². The van der Waals surface area contributed by atoms with Crippen molar-refractivity contribution >= 4 is 22.7 Å². The zero-order chi connectivity index (χ0) is 22.9. The molecule has 0 bridgehead atoms. The van der Waals surface area contributed by atoms with E-state index in [0.29, 0.717) is 34.8 Å². The summed E-state index contributed by atoms with van der Waals surface area (Å²) in [5.74, 6) is 0.934. The van der Waals surface area contributed by atoms with Crippen molar-refractivity contribution in [1.82, 2.24) is 9.88 Å². The molecule has 32 heavy (non-hydrogen) atoms. The number of amidine groups is 1. The van der Waals surface area contributed by atoms with E-state index in [0.717, 1.165) is 23.4 Å². The van der Waals surface area contributed by atoms with Gasteiger partial charge in [0.2, 0.25) is 0 Å². The van der Waals surface area contributed by atoms with Crippen molar-refractivity contribution in [3.05, 3.63) is 75.8 Å². The number of para-hydroxylation sites is 1. The van der Waals surface area contributed by atoms with E-state index in [9.17, 15) is 18.3 Å². The molecule has 0 saturated carbocycles. The Kier molecular flexibility index (Phi) is 5.92. The van der Waals surface area contributed by atoms with Crippen molar-refractivity contribution in [2.75, 3.05) is 20.2 Å². The van der Waals surface area contributed by atoms with Gasteiger partial charge in [0.15, 0.2) is 0 Å². The van der Waals surface area contributed by atoms with Crippen LogP contribution in [0.2, 0.25) is 0 Å². The van der Waals surface area contributed by atoms with Crippen molar-refractivity contribution in [3.8, 4) is 17.0 Å². The number of alkyl halides is 3. The van der Waals surface area contributed by atoms with Gasteiger partial charge in [0, 0.05) is 17.5 Å². The van der Waals surface area contributed by atoms with Crippen LogP contribution in [0.5, 0.6) is 5.75 Å². The van der Waals surface area contributed by atoms with Crippen molar-refractivity contribution < 1.29 is 23.0 Å². The lowest BCUT2D eigenvalue weighted by Crippen LogP contribution is -2.28. The standard InChI is InChI=1S/C23H20F3N3O2S/c1-31-19-8-3-2-5-14(19)9-10-29-12-18(30)20(21(29)27)22-28-17(13-32-22)15-6-4-7-16(11-15)23(24,25)26/h2-8,11,13,27,30H,9-10,12H2,1H3. The van der Waals surface area contributed by atoms with E-state index >= 15 is 0 Å². The van der Waals surface area contributed by atoms with Gasteiger partial charge in [-0.1, -0.05) is 30.3 Å². The second-order valence-corrected chi connectivity index (χ2v) is 8.13. The number of hydrogen-bond donors (Lipinski definition) is 2. The first-order chi connectivity index (χ1) is 15.3. The Hall–Kier alpha value is -3.33. The zero-order valence-corrected chi connectivity index (χ0v) is 17.9. The highest BCUT2D eigenvalue weighted by Gasteiger charge is 2.32. The monoisotopic (exact) mass is 459 g/mol. The number of nitrogens with zero attached hydrogens (tertiary/aromatic N) is 2. The van der Waals surface area contributed by atoms with E-state index in [1.807, 2.05) is 24.3 Å². The molecular weight excluding hydrogens is 439 g/mol. The third kappa shape index (κ3) is 4.34. The summed E-state index contributed by atoms with van der Waals surface area (Å²) in [6.07, 6.45) is -3.81. The van der Waals surface area contributed by atoms with E-state index in [2.05, 4.69) is 4.98 Å². The van der Waals surface area contributed by atoms with Gasteiger partial charge < -0.3 is 14.7 Å². The normalized spacial score (nSPS) is 14.4. The van der Waals surface area contributed by atoms with Crippen LogP contribution in [-0.4, -0.2) is 41.0 Å². The highest BCUT2D eigenvalue weighted by Crippen LogP contribution is 2.35. The van der Waals surface area contributed by atoms with Crippen molar-refractivity contribution in [1.29, 1.82) is 5.41 Å². The van der Waals surface area contributed by atoms with E-state index in [1.165, 1.54) is 17.4 Å². The summed E-state index contributed by atoms with van der Waals surface area (Å²) in [5.41, 5.74) is 1.27. The minimum absolute atomic E-state index is 0.0277. The van der Waals surface area contributed by atoms with E-state index in [4.69, 9.17) is 10.1 Å². The number of halogens is 3. The Labute approximate surface area is 186 Å². The molecule has 166 valence electrons. The summed E-state index contributed by atoms with van der Waals surface area (Å²) >= 11 is 1.19. The maximum absolute atomic E-state index is 13.0. The average Bonchev–Trinajstić information content (AvgIpc) is 3.36. The number of aliphatic hydroxyl groups is 1. The number of aromatic nitrogens is 1. The summed E-state index contributed by atoms with van der Waals surface area (Å²) in [6.45, 7) is 0.681. The van der Waals surface area contributed by atoms with Crippen LogP contribution in [-0.2, 0) is 12.6 Å². The average molecular weight is 459 g/mol. The molecule has 2 heterocycles. The topological polar surface area (TPSA) is 69.4 Å². The lowest BCUT2D eigenvalue weighted by Gasteiger charge is -2.19. The fourth-order valence-corrected chi connectivity index (χ4v) is 4.49. The molecule has 0 unspecified atom stereocenters. The summed E-state index contributed by atoms with van der Waals surface area (Å²) in [5, 5.41) is 21.1. The SMILES string of the molecule is COc1ccccc1CCN1CC(O)=C(c2nc(-c3cccc(C(F)(F)F)c3)cs2)C1=N.